The summed E-state index contributed by atoms with van der Waals surface area (Å²) >= 11 is 0. The summed E-state index contributed by atoms with van der Waals surface area (Å²) in [5, 5.41) is 9.68. The standard InChI is InChI=1S/C12H20N4O2/c1-8(2)18-11-6-10(14-12(13)15-11)16-5-3-4-9(17)7-16/h6,8-9,17H,3-5,7H2,1-2H3,(H2,13,14,15)/t9-/m1/s1. The lowest BCUT2D eigenvalue weighted by molar-refractivity contribution is 0.153. The summed E-state index contributed by atoms with van der Waals surface area (Å²) in [5.41, 5.74) is 5.69. The highest BCUT2D eigenvalue weighted by Gasteiger charge is 2.20. The number of aliphatic hydroxyl groups is 1. The Morgan fingerprint density at radius 3 is 2.94 bits per heavy atom. The Labute approximate surface area is 107 Å². The monoisotopic (exact) mass is 252 g/mol. The van der Waals surface area contributed by atoms with Crippen molar-refractivity contribution >= 4 is 11.8 Å². The van der Waals surface area contributed by atoms with Crippen molar-refractivity contribution in [2.24, 2.45) is 0 Å². The number of nitrogens with zero attached hydrogens (tertiary/aromatic N) is 3. The van der Waals surface area contributed by atoms with Crippen LogP contribution in [-0.4, -0.2) is 40.4 Å². The van der Waals surface area contributed by atoms with E-state index in [1.807, 2.05) is 18.7 Å². The zero-order chi connectivity index (χ0) is 13.1. The predicted molar refractivity (Wildman–Crippen MR) is 69.7 cm³/mol. The van der Waals surface area contributed by atoms with E-state index >= 15 is 0 Å². The second-order valence-electron chi connectivity index (χ2n) is 4.83. The van der Waals surface area contributed by atoms with Crippen molar-refractivity contribution in [2.45, 2.75) is 38.9 Å². The van der Waals surface area contributed by atoms with E-state index in [1.54, 1.807) is 6.07 Å². The number of nitrogen functional groups attached to an aromatic ring is 1. The Morgan fingerprint density at radius 2 is 2.28 bits per heavy atom. The summed E-state index contributed by atoms with van der Waals surface area (Å²) in [7, 11) is 0. The maximum absolute atomic E-state index is 9.68. The van der Waals surface area contributed by atoms with Crippen molar-refractivity contribution in [3.63, 3.8) is 0 Å². The molecule has 1 aromatic rings. The van der Waals surface area contributed by atoms with Gasteiger partial charge in [0.25, 0.3) is 0 Å². The molecule has 1 aliphatic rings. The number of aromatic nitrogens is 2. The molecular formula is C12H20N4O2. The maximum atomic E-state index is 9.68. The van der Waals surface area contributed by atoms with Crippen LogP contribution in [0.15, 0.2) is 6.07 Å². The average Bonchev–Trinajstić information content (AvgIpc) is 2.27. The maximum Gasteiger partial charge on any atom is 0.225 e. The average molecular weight is 252 g/mol. The summed E-state index contributed by atoms with van der Waals surface area (Å²) in [6.07, 6.45) is 1.53. The van der Waals surface area contributed by atoms with E-state index in [2.05, 4.69) is 9.97 Å². The molecule has 0 bridgehead atoms. The molecule has 1 atom stereocenters. The molecule has 0 aromatic carbocycles. The number of ether oxygens (including phenoxy) is 1. The SMILES string of the molecule is CC(C)Oc1cc(N2CCC[C@@H](O)C2)nc(N)n1. The summed E-state index contributed by atoms with van der Waals surface area (Å²) in [4.78, 5) is 10.3. The van der Waals surface area contributed by atoms with Crippen LogP contribution in [0.1, 0.15) is 26.7 Å². The Kier molecular flexibility index (Phi) is 3.86. The van der Waals surface area contributed by atoms with E-state index in [-0.39, 0.29) is 18.2 Å². The van der Waals surface area contributed by atoms with Gasteiger partial charge < -0.3 is 20.5 Å². The van der Waals surface area contributed by atoms with Gasteiger partial charge in [-0.2, -0.15) is 9.97 Å². The molecule has 6 nitrogen and oxygen atoms in total. The molecule has 1 aromatic heterocycles. The molecule has 2 rings (SSSR count). The van der Waals surface area contributed by atoms with Crippen molar-refractivity contribution < 1.29 is 9.84 Å². The van der Waals surface area contributed by atoms with Crippen molar-refractivity contribution in [1.82, 2.24) is 9.97 Å². The quantitative estimate of drug-likeness (QED) is 0.828. The van der Waals surface area contributed by atoms with Crippen LogP contribution in [0, 0.1) is 0 Å². The number of aliphatic hydroxyl groups excluding tert-OH is 1. The van der Waals surface area contributed by atoms with Crippen LogP contribution < -0.4 is 15.4 Å². The molecule has 3 N–H and O–H groups in total. The molecular weight excluding hydrogens is 232 g/mol. The zero-order valence-corrected chi connectivity index (χ0v) is 10.8. The first-order valence-electron chi connectivity index (χ1n) is 6.29. The van der Waals surface area contributed by atoms with E-state index < -0.39 is 0 Å². The topological polar surface area (TPSA) is 84.5 Å². The lowest BCUT2D eigenvalue weighted by Gasteiger charge is -2.31. The predicted octanol–water partition coefficient (Wildman–Crippen LogP) is 0.807. The minimum absolute atomic E-state index is 0.0408. The highest BCUT2D eigenvalue weighted by atomic mass is 16.5. The largest absolute Gasteiger partial charge is 0.475 e. The highest BCUT2D eigenvalue weighted by Crippen LogP contribution is 2.22. The van der Waals surface area contributed by atoms with Crippen LogP contribution in [-0.2, 0) is 0 Å². The minimum atomic E-state index is -0.301. The van der Waals surface area contributed by atoms with Gasteiger partial charge in [0.2, 0.25) is 11.8 Å². The van der Waals surface area contributed by atoms with Crippen molar-refractivity contribution in [3.8, 4) is 5.88 Å². The van der Waals surface area contributed by atoms with Crippen molar-refractivity contribution in [3.05, 3.63) is 6.07 Å². The lowest BCUT2D eigenvalue weighted by Crippen LogP contribution is -2.38. The fourth-order valence-corrected chi connectivity index (χ4v) is 2.06. The molecule has 2 heterocycles. The zero-order valence-electron chi connectivity index (χ0n) is 10.8. The van der Waals surface area contributed by atoms with Gasteiger partial charge in [-0.1, -0.05) is 0 Å². The normalized spacial score (nSPS) is 20.2. The number of rotatable bonds is 3. The highest BCUT2D eigenvalue weighted by molar-refractivity contribution is 5.46. The third-order valence-electron chi connectivity index (χ3n) is 2.78. The summed E-state index contributed by atoms with van der Waals surface area (Å²) in [6.45, 7) is 5.32. The molecule has 18 heavy (non-hydrogen) atoms. The molecule has 0 saturated carbocycles. The third kappa shape index (κ3) is 3.22. The number of nitrogens with two attached hydrogens (primary N) is 1. The molecule has 0 spiro atoms. The number of hydrogen-bond acceptors (Lipinski definition) is 6. The van der Waals surface area contributed by atoms with E-state index in [9.17, 15) is 5.11 Å². The minimum Gasteiger partial charge on any atom is -0.475 e. The molecule has 1 aliphatic heterocycles. The Morgan fingerprint density at radius 1 is 1.50 bits per heavy atom. The van der Waals surface area contributed by atoms with Crippen LogP contribution in [0.4, 0.5) is 11.8 Å². The second-order valence-corrected chi connectivity index (χ2v) is 4.83. The summed E-state index contributed by atoms with van der Waals surface area (Å²) < 4.78 is 5.53. The molecule has 0 radical (unpaired) electrons. The molecule has 0 aliphatic carbocycles. The van der Waals surface area contributed by atoms with Gasteiger partial charge in [-0.25, -0.2) is 0 Å². The van der Waals surface area contributed by atoms with E-state index in [0.29, 0.717) is 12.4 Å². The van der Waals surface area contributed by atoms with Gasteiger partial charge in [0.05, 0.1) is 12.2 Å². The smallest absolute Gasteiger partial charge is 0.225 e. The number of piperidine rings is 1. The van der Waals surface area contributed by atoms with Gasteiger partial charge in [-0.15, -0.1) is 0 Å². The van der Waals surface area contributed by atoms with Crippen molar-refractivity contribution in [1.29, 1.82) is 0 Å². The van der Waals surface area contributed by atoms with Gasteiger partial charge >= 0.3 is 0 Å². The number of anilines is 2. The molecule has 100 valence electrons. The van der Waals surface area contributed by atoms with E-state index in [4.69, 9.17) is 10.5 Å². The van der Waals surface area contributed by atoms with Gasteiger partial charge in [0, 0.05) is 19.2 Å². The summed E-state index contributed by atoms with van der Waals surface area (Å²) in [6, 6.07) is 1.77. The Bertz CT molecular complexity index is 411. The Hall–Kier alpha value is -1.56. The molecule has 0 unspecified atom stereocenters. The van der Waals surface area contributed by atoms with Gasteiger partial charge in [0.15, 0.2) is 0 Å². The molecule has 0 amide bonds. The molecule has 1 fully saturated rings. The van der Waals surface area contributed by atoms with E-state index in [0.717, 1.165) is 25.2 Å². The first-order valence-corrected chi connectivity index (χ1v) is 6.29. The third-order valence-corrected chi connectivity index (χ3v) is 2.78. The lowest BCUT2D eigenvalue weighted by atomic mass is 10.1. The first-order chi connectivity index (χ1) is 8.54. The van der Waals surface area contributed by atoms with Crippen LogP contribution in [0.25, 0.3) is 0 Å². The van der Waals surface area contributed by atoms with Gasteiger partial charge in [0.1, 0.15) is 5.82 Å². The molecule has 1 saturated heterocycles. The fraction of sp³-hybridized carbons (Fsp3) is 0.667. The number of hydrogen-bond donors (Lipinski definition) is 2. The molecule has 6 heteroatoms. The van der Waals surface area contributed by atoms with Crippen LogP contribution in [0.2, 0.25) is 0 Å². The van der Waals surface area contributed by atoms with Crippen LogP contribution in [0.5, 0.6) is 5.88 Å². The van der Waals surface area contributed by atoms with Gasteiger partial charge in [-0.3, -0.25) is 0 Å². The van der Waals surface area contributed by atoms with Crippen LogP contribution >= 0.6 is 0 Å². The summed E-state index contributed by atoms with van der Waals surface area (Å²) in [5.74, 6) is 1.40. The van der Waals surface area contributed by atoms with Crippen LogP contribution in [0.3, 0.4) is 0 Å². The fourth-order valence-electron chi connectivity index (χ4n) is 2.06. The number of β-amino-alcohol motifs (C(OH)–C–C–N with tert-alkyl or cyclic N) is 1. The Balaban J connectivity index is 2.18. The van der Waals surface area contributed by atoms with E-state index in [1.165, 1.54) is 0 Å². The van der Waals surface area contributed by atoms with Crippen molar-refractivity contribution in [2.75, 3.05) is 23.7 Å². The first kappa shape index (κ1) is 12.9. The van der Waals surface area contributed by atoms with Gasteiger partial charge in [-0.05, 0) is 26.7 Å². The second kappa shape index (κ2) is 5.39.